The van der Waals surface area contributed by atoms with E-state index < -0.39 is 18.0 Å². The van der Waals surface area contributed by atoms with Gasteiger partial charge in [0.25, 0.3) is 0 Å². The van der Waals surface area contributed by atoms with Crippen molar-refractivity contribution in [1.82, 2.24) is 14.3 Å². The molecule has 0 spiro atoms. The Labute approximate surface area is 194 Å². The van der Waals surface area contributed by atoms with Gasteiger partial charge in [-0.2, -0.15) is 5.10 Å². The average Bonchev–Trinajstić information content (AvgIpc) is 3.38. The summed E-state index contributed by atoms with van der Waals surface area (Å²) in [6.45, 7) is 2.97. The summed E-state index contributed by atoms with van der Waals surface area (Å²) in [6.07, 6.45) is 5.93. The van der Waals surface area contributed by atoms with E-state index in [9.17, 15) is 14.7 Å². The Morgan fingerprint density at radius 1 is 1.26 bits per heavy atom. The fourth-order valence-corrected chi connectivity index (χ4v) is 4.13. The predicted molar refractivity (Wildman–Crippen MR) is 127 cm³/mol. The Balaban J connectivity index is 1.57. The monoisotopic (exact) mass is 461 g/mol. The van der Waals surface area contributed by atoms with Gasteiger partial charge in [-0.05, 0) is 50.5 Å². The van der Waals surface area contributed by atoms with Crippen molar-refractivity contribution in [2.75, 3.05) is 11.1 Å². The van der Waals surface area contributed by atoms with Gasteiger partial charge >= 0.3 is 6.03 Å². The van der Waals surface area contributed by atoms with Crippen LogP contribution in [0.25, 0.3) is 22.0 Å². The van der Waals surface area contributed by atoms with Gasteiger partial charge in [-0.3, -0.25) is 14.0 Å². The third-order valence-corrected chi connectivity index (χ3v) is 6.11. The summed E-state index contributed by atoms with van der Waals surface area (Å²) in [7, 11) is 0. The zero-order valence-electron chi connectivity index (χ0n) is 18.7. The number of nitrogen functional groups attached to an aromatic ring is 1. The van der Waals surface area contributed by atoms with E-state index in [4.69, 9.17) is 5.73 Å². The number of carbonyl (C=O) groups is 2. The third kappa shape index (κ3) is 3.73. The number of Topliss-reactive ketones (excluding diaryl/α,β-unsaturated/α-hetero) is 1. The number of ketones is 1. The lowest BCUT2D eigenvalue weighted by Crippen LogP contribution is -2.20. The van der Waals surface area contributed by atoms with Gasteiger partial charge in [0.2, 0.25) is 0 Å². The Hall–Kier alpha value is -3.98. The van der Waals surface area contributed by atoms with Gasteiger partial charge in [-0.15, -0.1) is 0 Å². The van der Waals surface area contributed by atoms with E-state index >= 15 is 4.39 Å². The zero-order valence-corrected chi connectivity index (χ0v) is 18.7. The molecule has 4 aromatic rings. The molecule has 0 aliphatic heterocycles. The minimum Gasteiger partial charge on any atom is -0.397 e. The van der Waals surface area contributed by atoms with Crippen molar-refractivity contribution in [2.45, 2.75) is 38.8 Å². The highest BCUT2D eigenvalue weighted by atomic mass is 19.1. The normalized spacial score (nSPS) is 14.4. The number of aliphatic hydroxyl groups is 1. The van der Waals surface area contributed by atoms with Gasteiger partial charge in [-0.1, -0.05) is 12.1 Å². The number of aromatic nitrogens is 3. The fraction of sp³-hybridized carbons (Fsp3) is 0.240. The molecule has 1 unspecified atom stereocenters. The van der Waals surface area contributed by atoms with Crippen LogP contribution in [0.2, 0.25) is 0 Å². The van der Waals surface area contributed by atoms with Crippen molar-refractivity contribution in [3.05, 3.63) is 65.9 Å². The number of nitrogens with two attached hydrogens (primary N) is 1. The number of halogens is 1. The van der Waals surface area contributed by atoms with Crippen molar-refractivity contribution < 1.29 is 19.1 Å². The molecule has 0 bridgehead atoms. The first-order valence-corrected chi connectivity index (χ1v) is 11.0. The number of benzene rings is 2. The molecular weight excluding hydrogens is 437 g/mol. The number of fused-ring (bicyclic) bond motifs is 1. The summed E-state index contributed by atoms with van der Waals surface area (Å²) in [5, 5.41) is 17.6. The predicted octanol–water partition coefficient (Wildman–Crippen LogP) is 4.90. The SMILES string of the molecule is CC(=O)c1cn(C(=O)Nc2cc(C(C)O)cc(-c3cnn(C4CC4)c3)c2F)c2c(N)cccc12. The number of aliphatic hydroxyl groups excluding tert-OH is 1. The van der Waals surface area contributed by atoms with E-state index in [0.717, 1.165) is 12.8 Å². The van der Waals surface area contributed by atoms with E-state index in [-0.39, 0.29) is 17.0 Å². The molecule has 2 aromatic carbocycles. The van der Waals surface area contributed by atoms with Crippen LogP contribution in [0.1, 0.15) is 54.8 Å². The van der Waals surface area contributed by atoms with Crippen LogP contribution < -0.4 is 11.1 Å². The number of hydrogen-bond acceptors (Lipinski definition) is 5. The number of nitrogens with one attached hydrogen (secondary N) is 1. The summed E-state index contributed by atoms with van der Waals surface area (Å²) < 4.78 is 18.6. The first kappa shape index (κ1) is 21.8. The zero-order chi connectivity index (χ0) is 24.1. The van der Waals surface area contributed by atoms with Gasteiger partial charge in [-0.25, -0.2) is 9.18 Å². The number of anilines is 2. The van der Waals surface area contributed by atoms with Crippen LogP contribution in [-0.4, -0.2) is 31.3 Å². The van der Waals surface area contributed by atoms with E-state index in [1.807, 2.05) is 0 Å². The van der Waals surface area contributed by atoms with Gasteiger partial charge in [0, 0.05) is 34.5 Å². The van der Waals surface area contributed by atoms with Crippen LogP contribution in [-0.2, 0) is 0 Å². The van der Waals surface area contributed by atoms with Crippen LogP contribution in [0.3, 0.4) is 0 Å². The third-order valence-electron chi connectivity index (χ3n) is 6.11. The quantitative estimate of drug-likeness (QED) is 0.289. The molecule has 174 valence electrons. The van der Waals surface area contributed by atoms with Crippen molar-refractivity contribution in [2.24, 2.45) is 0 Å². The molecule has 2 aromatic heterocycles. The van der Waals surface area contributed by atoms with Crippen molar-refractivity contribution >= 4 is 34.1 Å². The number of amides is 1. The summed E-state index contributed by atoms with van der Waals surface area (Å²) in [5.74, 6) is -0.872. The Kier molecular flexibility index (Phi) is 5.21. The average molecular weight is 461 g/mol. The van der Waals surface area contributed by atoms with Gasteiger partial charge in [0.1, 0.15) is 0 Å². The number of carbonyl (C=O) groups excluding carboxylic acids is 2. The molecule has 0 saturated heterocycles. The van der Waals surface area contributed by atoms with E-state index in [0.29, 0.717) is 39.3 Å². The Morgan fingerprint density at radius 2 is 2.03 bits per heavy atom. The van der Waals surface area contributed by atoms with Crippen molar-refractivity contribution in [3.8, 4) is 11.1 Å². The number of nitrogens with zero attached hydrogens (tertiary/aromatic N) is 3. The lowest BCUT2D eigenvalue weighted by molar-refractivity contribution is 0.101. The number of para-hydroxylation sites is 1. The molecule has 5 rings (SSSR count). The largest absolute Gasteiger partial charge is 0.397 e. The maximum absolute atomic E-state index is 15.6. The molecule has 1 aliphatic carbocycles. The molecule has 0 radical (unpaired) electrons. The van der Waals surface area contributed by atoms with Crippen LogP contribution in [0.15, 0.2) is 48.9 Å². The summed E-state index contributed by atoms with van der Waals surface area (Å²) in [5.41, 5.74) is 8.23. The molecule has 1 aliphatic rings. The highest BCUT2D eigenvalue weighted by Gasteiger charge is 2.26. The summed E-state index contributed by atoms with van der Waals surface area (Å²) in [4.78, 5) is 25.4. The maximum atomic E-state index is 15.6. The molecule has 2 heterocycles. The molecule has 9 heteroatoms. The highest BCUT2D eigenvalue weighted by Crippen LogP contribution is 2.37. The molecule has 1 atom stereocenters. The molecule has 8 nitrogen and oxygen atoms in total. The molecular formula is C25H24FN5O3. The first-order chi connectivity index (χ1) is 16.2. The second-order valence-corrected chi connectivity index (χ2v) is 8.69. The van der Waals surface area contributed by atoms with Crippen molar-refractivity contribution in [3.63, 3.8) is 0 Å². The summed E-state index contributed by atoms with van der Waals surface area (Å²) >= 11 is 0. The minimum absolute atomic E-state index is 0.0988. The van der Waals surface area contributed by atoms with Gasteiger partial charge in [0.15, 0.2) is 11.6 Å². The lowest BCUT2D eigenvalue weighted by atomic mass is 10.0. The summed E-state index contributed by atoms with van der Waals surface area (Å²) in [6, 6.07) is 7.63. The second-order valence-electron chi connectivity index (χ2n) is 8.69. The number of rotatable bonds is 5. The van der Waals surface area contributed by atoms with Crippen LogP contribution >= 0.6 is 0 Å². The minimum atomic E-state index is -0.888. The van der Waals surface area contributed by atoms with Gasteiger partial charge < -0.3 is 16.2 Å². The number of hydrogen-bond donors (Lipinski definition) is 3. The topological polar surface area (TPSA) is 115 Å². The highest BCUT2D eigenvalue weighted by molar-refractivity contribution is 6.13. The molecule has 1 amide bonds. The standard InChI is InChI=1S/C25H24FN5O3/c1-13(32)15-8-19(16-10-28-31(11-16)17-6-7-17)23(26)22(9-15)29-25(34)30-12-20(14(2)33)18-4-3-5-21(27)24(18)30/h3-5,8-13,17,32H,6-7,27H2,1-2H3,(H,29,34). The lowest BCUT2D eigenvalue weighted by Gasteiger charge is -2.15. The molecule has 34 heavy (non-hydrogen) atoms. The first-order valence-electron chi connectivity index (χ1n) is 11.0. The van der Waals surface area contributed by atoms with Crippen LogP contribution in [0, 0.1) is 5.82 Å². The molecule has 4 N–H and O–H groups in total. The second kappa shape index (κ2) is 8.11. The van der Waals surface area contributed by atoms with E-state index in [1.54, 1.807) is 48.3 Å². The van der Waals surface area contributed by atoms with Crippen LogP contribution in [0.4, 0.5) is 20.6 Å². The van der Waals surface area contributed by atoms with Crippen molar-refractivity contribution in [1.29, 1.82) is 0 Å². The van der Waals surface area contributed by atoms with Crippen LogP contribution in [0.5, 0.6) is 0 Å². The Bertz CT molecular complexity index is 1450. The van der Waals surface area contributed by atoms with E-state index in [2.05, 4.69) is 10.4 Å². The van der Waals surface area contributed by atoms with Gasteiger partial charge in [0.05, 0.1) is 35.2 Å². The maximum Gasteiger partial charge on any atom is 0.330 e. The fourth-order valence-electron chi connectivity index (χ4n) is 4.13. The Morgan fingerprint density at radius 3 is 2.71 bits per heavy atom. The molecule has 1 fully saturated rings. The van der Waals surface area contributed by atoms with E-state index in [1.165, 1.54) is 23.8 Å². The smallest absolute Gasteiger partial charge is 0.330 e. The molecule has 1 saturated carbocycles.